The molecule has 0 aromatic rings. The molecule has 2 amide bonds. The van der Waals surface area contributed by atoms with Gasteiger partial charge in [-0.05, 0) is 39.0 Å². The van der Waals surface area contributed by atoms with Gasteiger partial charge in [0.2, 0.25) is 11.8 Å². The molecular formula is C15H26N2O3. The topological polar surface area (TPSA) is 58.6 Å². The van der Waals surface area contributed by atoms with Crippen molar-refractivity contribution in [3.05, 3.63) is 0 Å². The first-order valence-corrected chi connectivity index (χ1v) is 7.68. The molecule has 2 fully saturated rings. The van der Waals surface area contributed by atoms with Crippen LogP contribution in [0, 0.1) is 5.92 Å². The number of unbranched alkanes of at least 4 members (excludes halogenated alkanes) is 1. The highest BCUT2D eigenvalue weighted by atomic mass is 16.5. The highest BCUT2D eigenvalue weighted by Gasteiger charge is 2.50. The van der Waals surface area contributed by atoms with Gasteiger partial charge in [-0.25, -0.2) is 0 Å². The first kappa shape index (κ1) is 15.3. The number of rotatable bonds is 7. The summed E-state index contributed by atoms with van der Waals surface area (Å²) in [4.78, 5) is 26.5. The van der Waals surface area contributed by atoms with Gasteiger partial charge >= 0.3 is 0 Å². The molecule has 1 atom stereocenters. The largest absolute Gasteiger partial charge is 0.380 e. The molecule has 0 aromatic heterocycles. The molecule has 0 radical (unpaired) electrons. The van der Waals surface area contributed by atoms with E-state index in [1.807, 2.05) is 0 Å². The third kappa shape index (κ3) is 3.32. The zero-order valence-electron chi connectivity index (χ0n) is 12.8. The summed E-state index contributed by atoms with van der Waals surface area (Å²) in [6.45, 7) is 7.40. The Morgan fingerprint density at radius 1 is 1.30 bits per heavy atom. The summed E-state index contributed by atoms with van der Waals surface area (Å²) >= 11 is 0. The van der Waals surface area contributed by atoms with Crippen molar-refractivity contribution >= 4 is 11.8 Å². The number of nitrogens with one attached hydrogen (secondary N) is 1. The lowest BCUT2D eigenvalue weighted by atomic mass is 9.95. The monoisotopic (exact) mass is 282 g/mol. The summed E-state index contributed by atoms with van der Waals surface area (Å²) in [5, 5.41) is 2.85. The van der Waals surface area contributed by atoms with E-state index in [-0.39, 0.29) is 17.9 Å². The first-order chi connectivity index (χ1) is 9.47. The van der Waals surface area contributed by atoms with Crippen LogP contribution in [0.2, 0.25) is 0 Å². The molecule has 0 aromatic carbocycles. The predicted molar refractivity (Wildman–Crippen MR) is 76.2 cm³/mol. The van der Waals surface area contributed by atoms with E-state index in [9.17, 15) is 9.59 Å². The molecule has 0 spiro atoms. The SMILES string of the molecule is CCCCOCCN1C(=O)C(C)(C)NC(=O)C1C1CC1. The first-order valence-electron chi connectivity index (χ1n) is 7.68. The van der Waals surface area contributed by atoms with Gasteiger partial charge in [0.25, 0.3) is 0 Å². The minimum absolute atomic E-state index is 0.00749. The fourth-order valence-corrected chi connectivity index (χ4v) is 2.69. The van der Waals surface area contributed by atoms with E-state index in [4.69, 9.17) is 4.74 Å². The van der Waals surface area contributed by atoms with E-state index in [0.29, 0.717) is 19.1 Å². The van der Waals surface area contributed by atoms with E-state index in [1.165, 1.54) is 0 Å². The number of hydrogen-bond donors (Lipinski definition) is 1. The lowest BCUT2D eigenvalue weighted by Gasteiger charge is -2.43. The Balaban J connectivity index is 1.96. The molecule has 114 valence electrons. The molecule has 1 aliphatic carbocycles. The fraction of sp³-hybridized carbons (Fsp3) is 0.867. The van der Waals surface area contributed by atoms with Gasteiger partial charge in [-0.3, -0.25) is 9.59 Å². The zero-order chi connectivity index (χ0) is 14.8. The third-order valence-electron chi connectivity index (χ3n) is 4.02. The Hall–Kier alpha value is -1.10. The second-order valence-corrected chi connectivity index (χ2v) is 6.36. The van der Waals surface area contributed by atoms with Gasteiger partial charge in [0.05, 0.1) is 6.61 Å². The average molecular weight is 282 g/mol. The summed E-state index contributed by atoms with van der Waals surface area (Å²) in [5.74, 6) is 0.337. The number of ether oxygens (including phenoxy) is 1. The minimum atomic E-state index is -0.800. The maximum Gasteiger partial charge on any atom is 0.248 e. The van der Waals surface area contributed by atoms with Crippen molar-refractivity contribution in [2.24, 2.45) is 5.92 Å². The second-order valence-electron chi connectivity index (χ2n) is 6.36. The van der Waals surface area contributed by atoms with Gasteiger partial charge in [-0.1, -0.05) is 13.3 Å². The van der Waals surface area contributed by atoms with Gasteiger partial charge in [0, 0.05) is 13.2 Å². The van der Waals surface area contributed by atoms with Gasteiger partial charge in [0.15, 0.2) is 0 Å². The van der Waals surface area contributed by atoms with E-state index in [2.05, 4.69) is 12.2 Å². The highest BCUT2D eigenvalue weighted by Crippen LogP contribution is 2.37. The summed E-state index contributed by atoms with van der Waals surface area (Å²) in [6, 6.07) is -0.287. The van der Waals surface area contributed by atoms with Crippen molar-refractivity contribution in [2.45, 2.75) is 58.0 Å². The quantitative estimate of drug-likeness (QED) is 0.716. The molecule has 1 N–H and O–H groups in total. The zero-order valence-corrected chi connectivity index (χ0v) is 12.8. The maximum absolute atomic E-state index is 12.5. The number of carbonyl (C=O) groups is 2. The van der Waals surface area contributed by atoms with Crippen LogP contribution in [0.1, 0.15) is 46.5 Å². The molecule has 5 nitrogen and oxygen atoms in total. The summed E-state index contributed by atoms with van der Waals surface area (Å²) < 4.78 is 5.55. The van der Waals surface area contributed by atoms with Gasteiger partial charge in [0.1, 0.15) is 11.6 Å². The molecule has 1 heterocycles. The van der Waals surface area contributed by atoms with E-state index < -0.39 is 5.54 Å². The van der Waals surface area contributed by atoms with Gasteiger partial charge < -0.3 is 15.0 Å². The number of nitrogens with zero attached hydrogens (tertiary/aromatic N) is 1. The lowest BCUT2D eigenvalue weighted by Crippen LogP contribution is -2.69. The molecule has 1 saturated heterocycles. The molecule has 20 heavy (non-hydrogen) atoms. The highest BCUT2D eigenvalue weighted by molar-refractivity contribution is 5.99. The van der Waals surface area contributed by atoms with Crippen LogP contribution in [-0.2, 0) is 14.3 Å². The van der Waals surface area contributed by atoms with Crippen LogP contribution < -0.4 is 5.32 Å². The molecule has 1 aliphatic heterocycles. The predicted octanol–water partition coefficient (Wildman–Crippen LogP) is 1.32. The number of hydrogen-bond acceptors (Lipinski definition) is 3. The molecule has 5 heteroatoms. The van der Waals surface area contributed by atoms with Crippen molar-refractivity contribution in [3.8, 4) is 0 Å². The van der Waals surface area contributed by atoms with Crippen LogP contribution >= 0.6 is 0 Å². The fourth-order valence-electron chi connectivity index (χ4n) is 2.69. The van der Waals surface area contributed by atoms with Crippen molar-refractivity contribution in [3.63, 3.8) is 0 Å². The van der Waals surface area contributed by atoms with Crippen LogP contribution in [0.15, 0.2) is 0 Å². The second kappa shape index (κ2) is 6.12. The molecule has 1 unspecified atom stereocenters. The van der Waals surface area contributed by atoms with E-state index >= 15 is 0 Å². The third-order valence-corrected chi connectivity index (χ3v) is 4.02. The Morgan fingerprint density at radius 2 is 2.00 bits per heavy atom. The molecular weight excluding hydrogens is 256 g/mol. The van der Waals surface area contributed by atoms with Crippen molar-refractivity contribution in [1.29, 1.82) is 0 Å². The maximum atomic E-state index is 12.5. The van der Waals surface area contributed by atoms with Crippen molar-refractivity contribution in [1.82, 2.24) is 10.2 Å². The normalized spacial score (nSPS) is 25.8. The Morgan fingerprint density at radius 3 is 2.60 bits per heavy atom. The number of carbonyl (C=O) groups excluding carboxylic acids is 2. The Labute approximate surface area is 121 Å². The van der Waals surface area contributed by atoms with E-state index in [1.54, 1.807) is 18.7 Å². The summed E-state index contributed by atoms with van der Waals surface area (Å²) in [6.07, 6.45) is 4.22. The molecule has 1 saturated carbocycles. The Kier molecular flexibility index (Phi) is 4.68. The van der Waals surface area contributed by atoms with Crippen LogP contribution in [0.4, 0.5) is 0 Å². The van der Waals surface area contributed by atoms with Crippen LogP contribution in [0.5, 0.6) is 0 Å². The van der Waals surface area contributed by atoms with Gasteiger partial charge in [-0.15, -0.1) is 0 Å². The molecule has 2 aliphatic rings. The lowest BCUT2D eigenvalue weighted by molar-refractivity contribution is -0.155. The number of amides is 2. The van der Waals surface area contributed by atoms with Crippen LogP contribution in [-0.4, -0.2) is 48.1 Å². The number of piperazine rings is 1. The van der Waals surface area contributed by atoms with Crippen molar-refractivity contribution < 1.29 is 14.3 Å². The summed E-state index contributed by atoms with van der Waals surface area (Å²) in [7, 11) is 0. The molecule has 0 bridgehead atoms. The van der Waals surface area contributed by atoms with Crippen LogP contribution in [0.3, 0.4) is 0 Å². The van der Waals surface area contributed by atoms with Crippen LogP contribution in [0.25, 0.3) is 0 Å². The Bertz CT molecular complexity index is 377. The van der Waals surface area contributed by atoms with Gasteiger partial charge in [-0.2, -0.15) is 0 Å². The van der Waals surface area contributed by atoms with Crippen molar-refractivity contribution in [2.75, 3.05) is 19.8 Å². The minimum Gasteiger partial charge on any atom is -0.380 e. The van der Waals surface area contributed by atoms with E-state index in [0.717, 1.165) is 32.3 Å². The average Bonchev–Trinajstić information content (AvgIpc) is 3.18. The smallest absolute Gasteiger partial charge is 0.248 e. The standard InChI is InChI=1S/C15H26N2O3/c1-4-5-9-20-10-8-17-12(11-6-7-11)13(18)16-15(2,3)14(17)19/h11-12H,4-10H2,1-3H3,(H,16,18). The molecule has 2 rings (SSSR count). The summed E-state index contributed by atoms with van der Waals surface area (Å²) in [5.41, 5.74) is -0.800.